The van der Waals surface area contributed by atoms with Crippen LogP contribution in [0.1, 0.15) is 0 Å². The summed E-state index contributed by atoms with van der Waals surface area (Å²) in [6.45, 7) is 0. The van der Waals surface area contributed by atoms with Crippen molar-refractivity contribution in [1.82, 2.24) is 0 Å². The first-order valence-electron chi connectivity index (χ1n) is 3.76. The van der Waals surface area contributed by atoms with E-state index in [-0.39, 0.29) is 0 Å². The van der Waals surface area contributed by atoms with Crippen LogP contribution in [0.15, 0.2) is 22.4 Å². The second-order valence-corrected chi connectivity index (χ2v) is 4.41. The van der Waals surface area contributed by atoms with Gasteiger partial charge < -0.3 is 10.8 Å². The molecular formula is C9H9NOS2. The average Bonchev–Trinajstić information content (AvgIpc) is 2.49. The Morgan fingerprint density at radius 3 is 2.92 bits per heavy atom. The Morgan fingerprint density at radius 2 is 2.23 bits per heavy atom. The van der Waals surface area contributed by atoms with E-state index in [1.807, 2.05) is 18.4 Å². The van der Waals surface area contributed by atoms with E-state index in [9.17, 15) is 5.11 Å². The number of nitrogens with two attached hydrogens (primary N) is 1. The van der Waals surface area contributed by atoms with Gasteiger partial charge in [-0.3, -0.25) is 0 Å². The van der Waals surface area contributed by atoms with Crippen LogP contribution in [-0.2, 0) is 0 Å². The summed E-state index contributed by atoms with van der Waals surface area (Å²) in [6, 6.07) is 3.82. The molecule has 1 heterocycles. The normalized spacial score (nSPS) is 10.8. The van der Waals surface area contributed by atoms with Gasteiger partial charge in [0.2, 0.25) is 0 Å². The predicted octanol–water partition coefficient (Wildman–Crippen LogP) is 2.91. The maximum Gasteiger partial charge on any atom is 0.135 e. The summed E-state index contributed by atoms with van der Waals surface area (Å²) in [4.78, 5) is 0.969. The van der Waals surface area contributed by atoms with Crippen LogP contribution in [0.4, 0.5) is 5.69 Å². The van der Waals surface area contributed by atoms with Crippen molar-refractivity contribution in [2.45, 2.75) is 4.90 Å². The van der Waals surface area contributed by atoms with Crippen molar-refractivity contribution in [3.8, 4) is 5.75 Å². The van der Waals surface area contributed by atoms with E-state index in [0.29, 0.717) is 5.75 Å². The Bertz CT molecular complexity index is 450. The van der Waals surface area contributed by atoms with Crippen LogP contribution in [-0.4, -0.2) is 11.4 Å². The van der Waals surface area contributed by atoms with Crippen LogP contribution in [0.25, 0.3) is 10.1 Å². The Morgan fingerprint density at radius 1 is 1.46 bits per heavy atom. The van der Waals surface area contributed by atoms with Crippen LogP contribution < -0.4 is 5.73 Å². The molecule has 0 aliphatic carbocycles. The highest BCUT2D eigenvalue weighted by atomic mass is 32.2. The lowest BCUT2D eigenvalue weighted by atomic mass is 10.2. The fraction of sp³-hybridized carbons (Fsp3) is 0.111. The minimum absolute atomic E-state index is 0.330. The molecule has 2 aromatic rings. The summed E-state index contributed by atoms with van der Waals surface area (Å²) in [5, 5.41) is 12.2. The van der Waals surface area contributed by atoms with E-state index in [0.717, 1.165) is 20.7 Å². The highest BCUT2D eigenvalue weighted by Crippen LogP contribution is 2.40. The van der Waals surface area contributed by atoms with Gasteiger partial charge in [-0.1, -0.05) is 0 Å². The smallest absolute Gasteiger partial charge is 0.135 e. The van der Waals surface area contributed by atoms with E-state index in [1.165, 1.54) is 11.3 Å². The first-order chi connectivity index (χ1) is 6.24. The lowest BCUT2D eigenvalue weighted by molar-refractivity contribution is 0.483. The summed E-state index contributed by atoms with van der Waals surface area (Å²) in [7, 11) is 0. The zero-order chi connectivity index (χ0) is 9.42. The van der Waals surface area contributed by atoms with E-state index in [1.54, 1.807) is 17.1 Å². The number of aromatic hydroxyl groups is 1. The molecule has 4 heteroatoms. The number of hydrogen-bond acceptors (Lipinski definition) is 4. The first-order valence-corrected chi connectivity index (χ1v) is 5.87. The molecule has 0 amide bonds. The number of anilines is 1. The molecular weight excluding hydrogens is 202 g/mol. The van der Waals surface area contributed by atoms with E-state index < -0.39 is 0 Å². The fourth-order valence-electron chi connectivity index (χ4n) is 1.32. The molecule has 0 radical (unpaired) electrons. The van der Waals surface area contributed by atoms with Gasteiger partial charge >= 0.3 is 0 Å². The molecule has 0 spiro atoms. The number of fused-ring (bicyclic) bond motifs is 1. The van der Waals surface area contributed by atoms with E-state index in [4.69, 9.17) is 5.73 Å². The van der Waals surface area contributed by atoms with Gasteiger partial charge in [-0.25, -0.2) is 0 Å². The number of thioether (sulfide) groups is 1. The average molecular weight is 211 g/mol. The summed E-state index contributed by atoms with van der Waals surface area (Å²) in [5.74, 6) is 0.330. The van der Waals surface area contributed by atoms with Gasteiger partial charge in [-0.05, 0) is 18.4 Å². The molecule has 13 heavy (non-hydrogen) atoms. The molecule has 0 saturated carbocycles. The Labute approximate surface area is 84.4 Å². The molecule has 0 saturated heterocycles. The molecule has 1 aromatic heterocycles. The van der Waals surface area contributed by atoms with Crippen molar-refractivity contribution in [1.29, 1.82) is 0 Å². The molecule has 0 aliphatic rings. The van der Waals surface area contributed by atoms with Gasteiger partial charge in [0.25, 0.3) is 0 Å². The monoisotopic (exact) mass is 211 g/mol. The van der Waals surface area contributed by atoms with Crippen molar-refractivity contribution >= 4 is 38.9 Å². The number of nitrogen functional groups attached to an aromatic ring is 1. The second-order valence-electron chi connectivity index (χ2n) is 2.68. The van der Waals surface area contributed by atoms with Crippen LogP contribution in [0, 0.1) is 0 Å². The van der Waals surface area contributed by atoms with E-state index >= 15 is 0 Å². The Hall–Kier alpha value is -0.870. The molecule has 2 nitrogen and oxygen atoms in total. The Kier molecular flexibility index (Phi) is 2.09. The van der Waals surface area contributed by atoms with Crippen LogP contribution in [0.5, 0.6) is 5.75 Å². The fourth-order valence-corrected chi connectivity index (χ4v) is 2.93. The molecule has 68 valence electrons. The topological polar surface area (TPSA) is 46.2 Å². The maximum absolute atomic E-state index is 9.59. The first kappa shape index (κ1) is 8.72. The highest BCUT2D eigenvalue weighted by Gasteiger charge is 2.09. The van der Waals surface area contributed by atoms with Gasteiger partial charge in [0.1, 0.15) is 5.75 Å². The molecule has 3 N–H and O–H groups in total. The van der Waals surface area contributed by atoms with Crippen molar-refractivity contribution in [2.24, 2.45) is 0 Å². The minimum Gasteiger partial charge on any atom is -0.506 e. The van der Waals surface area contributed by atoms with Crippen molar-refractivity contribution < 1.29 is 5.11 Å². The number of thiophene rings is 1. The van der Waals surface area contributed by atoms with Crippen LogP contribution in [0.3, 0.4) is 0 Å². The number of benzene rings is 1. The third-order valence-corrected chi connectivity index (χ3v) is 3.69. The number of rotatable bonds is 1. The predicted molar refractivity (Wildman–Crippen MR) is 59.7 cm³/mol. The summed E-state index contributed by atoms with van der Waals surface area (Å²) >= 11 is 3.10. The standard InChI is InChI=1S/C9H9NOS2/c1-12-9-5(10)2-3-7-8(9)6(11)4-13-7/h2-4,11H,10H2,1H3. The Balaban J connectivity index is 2.88. The van der Waals surface area contributed by atoms with Gasteiger partial charge in [-0.15, -0.1) is 23.1 Å². The van der Waals surface area contributed by atoms with Gasteiger partial charge in [-0.2, -0.15) is 0 Å². The minimum atomic E-state index is 0.330. The van der Waals surface area contributed by atoms with Crippen molar-refractivity contribution in [2.75, 3.05) is 12.0 Å². The quantitative estimate of drug-likeness (QED) is 0.563. The number of hydrogen-bond donors (Lipinski definition) is 2. The summed E-state index contributed by atoms with van der Waals surface area (Å²) < 4.78 is 1.08. The summed E-state index contributed by atoms with van der Waals surface area (Å²) in [6.07, 6.45) is 1.96. The molecule has 1 aromatic carbocycles. The van der Waals surface area contributed by atoms with Crippen LogP contribution in [0.2, 0.25) is 0 Å². The molecule has 0 aliphatic heterocycles. The molecule has 0 unspecified atom stereocenters. The zero-order valence-electron chi connectivity index (χ0n) is 7.07. The third-order valence-electron chi connectivity index (χ3n) is 1.91. The summed E-state index contributed by atoms with van der Waals surface area (Å²) in [5.41, 5.74) is 6.53. The van der Waals surface area contributed by atoms with E-state index in [2.05, 4.69) is 0 Å². The third kappa shape index (κ3) is 1.26. The van der Waals surface area contributed by atoms with Crippen LogP contribution >= 0.6 is 23.1 Å². The maximum atomic E-state index is 9.59. The molecule has 0 fully saturated rings. The lowest BCUT2D eigenvalue weighted by Gasteiger charge is -2.03. The molecule has 0 bridgehead atoms. The molecule has 0 atom stereocenters. The molecule has 2 rings (SSSR count). The second kappa shape index (κ2) is 3.12. The van der Waals surface area contributed by atoms with Gasteiger partial charge in [0.05, 0.1) is 0 Å². The van der Waals surface area contributed by atoms with Crippen molar-refractivity contribution in [3.63, 3.8) is 0 Å². The zero-order valence-corrected chi connectivity index (χ0v) is 8.71. The van der Waals surface area contributed by atoms with Crippen molar-refractivity contribution in [3.05, 3.63) is 17.5 Å². The highest BCUT2D eigenvalue weighted by molar-refractivity contribution is 7.99. The SMILES string of the molecule is CSc1c(N)ccc2scc(O)c12. The lowest BCUT2D eigenvalue weighted by Crippen LogP contribution is -1.87. The van der Waals surface area contributed by atoms with Gasteiger partial charge in [0, 0.05) is 26.0 Å². The largest absolute Gasteiger partial charge is 0.506 e. The van der Waals surface area contributed by atoms with Gasteiger partial charge in [0.15, 0.2) is 0 Å².